The van der Waals surface area contributed by atoms with Crippen molar-refractivity contribution in [3.05, 3.63) is 40.0 Å². The lowest BCUT2D eigenvalue weighted by Crippen LogP contribution is -1.90. The van der Waals surface area contributed by atoms with E-state index in [4.69, 9.17) is 16.7 Å². The number of rotatable bonds is 3. The van der Waals surface area contributed by atoms with Crippen molar-refractivity contribution in [3.63, 3.8) is 0 Å². The Kier molecular flexibility index (Phi) is 3.21. The van der Waals surface area contributed by atoms with Crippen molar-refractivity contribution in [3.8, 4) is 10.4 Å². The standard InChI is InChI=1S/C11H6ClNO3S/c12-8-4-13-3-6(7(8)5-14)9-1-2-10(17-9)11(15)16/h1-5H,(H,15,16). The van der Waals surface area contributed by atoms with Crippen LogP contribution in [0.3, 0.4) is 0 Å². The van der Waals surface area contributed by atoms with Gasteiger partial charge in [-0.05, 0) is 12.1 Å². The highest BCUT2D eigenvalue weighted by molar-refractivity contribution is 7.17. The molecule has 0 aliphatic rings. The first-order valence-corrected chi connectivity index (χ1v) is 5.75. The van der Waals surface area contributed by atoms with Crippen molar-refractivity contribution in [1.29, 1.82) is 0 Å². The Morgan fingerprint density at radius 2 is 2.18 bits per heavy atom. The average Bonchev–Trinajstić information content (AvgIpc) is 2.77. The number of carboxylic acids is 1. The summed E-state index contributed by atoms with van der Waals surface area (Å²) < 4.78 is 0. The number of aromatic carboxylic acids is 1. The fourth-order valence-electron chi connectivity index (χ4n) is 1.36. The minimum atomic E-state index is -0.996. The minimum Gasteiger partial charge on any atom is -0.477 e. The number of carbonyl (C=O) groups is 2. The van der Waals surface area contributed by atoms with E-state index in [1.807, 2.05) is 0 Å². The predicted molar refractivity (Wildman–Crippen MR) is 64.9 cm³/mol. The van der Waals surface area contributed by atoms with Gasteiger partial charge in [-0.2, -0.15) is 0 Å². The topological polar surface area (TPSA) is 67.3 Å². The quantitative estimate of drug-likeness (QED) is 0.868. The van der Waals surface area contributed by atoms with Crippen LogP contribution >= 0.6 is 22.9 Å². The number of aldehydes is 1. The lowest BCUT2D eigenvalue weighted by molar-refractivity contribution is 0.0702. The van der Waals surface area contributed by atoms with Crippen molar-refractivity contribution >= 4 is 35.2 Å². The molecule has 2 aromatic rings. The molecule has 0 saturated heterocycles. The number of hydrogen-bond donors (Lipinski definition) is 1. The molecule has 0 radical (unpaired) electrons. The molecule has 0 amide bonds. The maximum atomic E-state index is 10.9. The normalized spacial score (nSPS) is 10.2. The molecule has 2 heterocycles. The summed E-state index contributed by atoms with van der Waals surface area (Å²) in [6.45, 7) is 0. The minimum absolute atomic E-state index is 0.205. The Balaban J connectivity index is 2.56. The van der Waals surface area contributed by atoms with Crippen molar-refractivity contribution in [1.82, 2.24) is 4.98 Å². The summed E-state index contributed by atoms with van der Waals surface area (Å²) in [6, 6.07) is 3.12. The van der Waals surface area contributed by atoms with Crippen LogP contribution in [0.15, 0.2) is 24.5 Å². The van der Waals surface area contributed by atoms with Gasteiger partial charge in [-0.3, -0.25) is 9.78 Å². The molecule has 2 rings (SSSR count). The summed E-state index contributed by atoms with van der Waals surface area (Å²) in [6.07, 6.45) is 3.51. The van der Waals surface area contributed by atoms with E-state index < -0.39 is 5.97 Å². The summed E-state index contributed by atoms with van der Waals surface area (Å²) in [4.78, 5) is 26.5. The summed E-state index contributed by atoms with van der Waals surface area (Å²) in [5, 5.41) is 9.08. The summed E-state index contributed by atoms with van der Waals surface area (Å²) >= 11 is 6.92. The van der Waals surface area contributed by atoms with Gasteiger partial charge in [0, 0.05) is 28.4 Å². The molecular weight excluding hydrogens is 262 g/mol. The lowest BCUT2D eigenvalue weighted by atomic mass is 10.1. The van der Waals surface area contributed by atoms with Crippen molar-refractivity contribution in [2.75, 3.05) is 0 Å². The van der Waals surface area contributed by atoms with E-state index in [0.717, 1.165) is 11.3 Å². The van der Waals surface area contributed by atoms with Gasteiger partial charge in [0.05, 0.1) is 5.02 Å². The average molecular weight is 268 g/mol. The zero-order valence-electron chi connectivity index (χ0n) is 8.38. The molecule has 17 heavy (non-hydrogen) atoms. The van der Waals surface area contributed by atoms with E-state index >= 15 is 0 Å². The van der Waals surface area contributed by atoms with Crippen LogP contribution in [0, 0.1) is 0 Å². The van der Waals surface area contributed by atoms with E-state index in [0.29, 0.717) is 22.3 Å². The summed E-state index contributed by atoms with van der Waals surface area (Å²) in [5.74, 6) is -0.996. The first-order chi connectivity index (χ1) is 8.13. The van der Waals surface area contributed by atoms with Gasteiger partial charge in [-0.1, -0.05) is 11.6 Å². The van der Waals surface area contributed by atoms with E-state index in [1.54, 1.807) is 6.07 Å². The molecule has 0 atom stereocenters. The first kappa shape index (κ1) is 11.8. The molecule has 0 aliphatic carbocycles. The van der Waals surface area contributed by atoms with Crippen LogP contribution in [0.2, 0.25) is 5.02 Å². The number of thiophene rings is 1. The molecule has 86 valence electrons. The zero-order chi connectivity index (χ0) is 12.4. The van der Waals surface area contributed by atoms with Crippen LogP contribution in [-0.4, -0.2) is 22.3 Å². The molecule has 1 N–H and O–H groups in total. The molecule has 0 bridgehead atoms. The Bertz CT molecular complexity index is 594. The molecule has 6 heteroatoms. The third-order valence-corrected chi connectivity index (χ3v) is 3.55. The second-order valence-electron chi connectivity index (χ2n) is 3.17. The Labute approximate surface area is 105 Å². The largest absolute Gasteiger partial charge is 0.477 e. The molecular formula is C11H6ClNO3S. The van der Waals surface area contributed by atoms with Crippen LogP contribution in [0.5, 0.6) is 0 Å². The third-order valence-electron chi connectivity index (χ3n) is 2.14. The zero-order valence-corrected chi connectivity index (χ0v) is 9.96. The number of halogens is 1. The number of carbonyl (C=O) groups excluding carboxylic acids is 1. The van der Waals surface area contributed by atoms with Gasteiger partial charge in [-0.25, -0.2) is 4.79 Å². The highest BCUT2D eigenvalue weighted by atomic mass is 35.5. The lowest BCUT2D eigenvalue weighted by Gasteiger charge is -2.02. The van der Waals surface area contributed by atoms with E-state index in [-0.39, 0.29) is 9.90 Å². The SMILES string of the molecule is O=Cc1c(Cl)cncc1-c1ccc(C(=O)O)s1. The van der Waals surface area contributed by atoms with Crippen LogP contribution in [-0.2, 0) is 0 Å². The van der Waals surface area contributed by atoms with Gasteiger partial charge < -0.3 is 5.11 Å². The maximum absolute atomic E-state index is 10.9. The smallest absolute Gasteiger partial charge is 0.345 e. The Hall–Kier alpha value is -1.72. The van der Waals surface area contributed by atoms with Crippen molar-refractivity contribution in [2.45, 2.75) is 0 Å². The molecule has 0 aromatic carbocycles. The maximum Gasteiger partial charge on any atom is 0.345 e. The second kappa shape index (κ2) is 4.65. The highest BCUT2D eigenvalue weighted by Crippen LogP contribution is 2.32. The van der Waals surface area contributed by atoms with Gasteiger partial charge >= 0.3 is 5.97 Å². The molecule has 0 fully saturated rings. The Morgan fingerprint density at radius 3 is 2.76 bits per heavy atom. The molecule has 0 saturated carbocycles. The summed E-state index contributed by atoms with van der Waals surface area (Å²) in [7, 11) is 0. The fourth-order valence-corrected chi connectivity index (χ4v) is 2.43. The number of carboxylic acid groups (broad SMARTS) is 1. The number of aromatic nitrogens is 1. The Morgan fingerprint density at radius 1 is 1.41 bits per heavy atom. The number of hydrogen-bond acceptors (Lipinski definition) is 4. The molecule has 4 nitrogen and oxygen atoms in total. The van der Waals surface area contributed by atoms with Crippen LogP contribution in [0.25, 0.3) is 10.4 Å². The molecule has 0 spiro atoms. The van der Waals surface area contributed by atoms with E-state index in [1.165, 1.54) is 18.5 Å². The van der Waals surface area contributed by atoms with Gasteiger partial charge in [-0.15, -0.1) is 11.3 Å². The fraction of sp³-hybridized carbons (Fsp3) is 0. The van der Waals surface area contributed by atoms with Crippen LogP contribution < -0.4 is 0 Å². The first-order valence-electron chi connectivity index (χ1n) is 4.55. The predicted octanol–water partition coefficient (Wildman–Crippen LogP) is 2.97. The second-order valence-corrected chi connectivity index (χ2v) is 4.66. The molecule has 0 unspecified atom stereocenters. The van der Waals surface area contributed by atoms with Crippen molar-refractivity contribution in [2.24, 2.45) is 0 Å². The molecule has 0 aliphatic heterocycles. The van der Waals surface area contributed by atoms with Gasteiger partial charge in [0.25, 0.3) is 0 Å². The highest BCUT2D eigenvalue weighted by Gasteiger charge is 2.13. The monoisotopic (exact) mass is 267 g/mol. The van der Waals surface area contributed by atoms with Gasteiger partial charge in [0.2, 0.25) is 0 Å². The van der Waals surface area contributed by atoms with Crippen LogP contribution in [0.4, 0.5) is 0 Å². The van der Waals surface area contributed by atoms with Gasteiger partial charge in [0.1, 0.15) is 4.88 Å². The van der Waals surface area contributed by atoms with Crippen LogP contribution in [0.1, 0.15) is 20.0 Å². The number of nitrogens with zero attached hydrogens (tertiary/aromatic N) is 1. The van der Waals surface area contributed by atoms with E-state index in [9.17, 15) is 9.59 Å². The molecule has 2 aromatic heterocycles. The number of pyridine rings is 1. The third kappa shape index (κ3) is 2.20. The van der Waals surface area contributed by atoms with E-state index in [2.05, 4.69) is 4.98 Å². The summed E-state index contributed by atoms with van der Waals surface area (Å²) in [5.41, 5.74) is 0.866. The van der Waals surface area contributed by atoms with Gasteiger partial charge in [0.15, 0.2) is 6.29 Å². The van der Waals surface area contributed by atoms with Crippen molar-refractivity contribution < 1.29 is 14.7 Å².